The van der Waals surface area contributed by atoms with Crippen molar-refractivity contribution in [2.24, 2.45) is 0 Å². The fraction of sp³-hybridized carbons (Fsp3) is 0.429. The average molecular weight is 288 g/mol. The van der Waals surface area contributed by atoms with Gasteiger partial charge in [0.15, 0.2) is 6.04 Å². The van der Waals surface area contributed by atoms with Crippen LogP contribution in [0.1, 0.15) is 18.9 Å². The van der Waals surface area contributed by atoms with Crippen molar-refractivity contribution in [2.75, 3.05) is 13.1 Å². The van der Waals surface area contributed by atoms with Crippen molar-refractivity contribution in [3.05, 3.63) is 24.3 Å². The molecule has 1 aliphatic heterocycles. The van der Waals surface area contributed by atoms with Crippen LogP contribution >= 0.6 is 0 Å². The van der Waals surface area contributed by atoms with E-state index in [1.807, 2.05) is 17.0 Å². The molecule has 110 valence electrons. The van der Waals surface area contributed by atoms with Crippen LogP contribution in [0.5, 0.6) is 0 Å². The number of aldehydes is 1. The molecule has 1 aromatic heterocycles. The third kappa shape index (κ3) is 2.52. The minimum absolute atomic E-state index is 0.193. The van der Waals surface area contributed by atoms with Crippen molar-refractivity contribution in [2.45, 2.75) is 24.9 Å². The number of carboxylic acids is 1. The van der Waals surface area contributed by atoms with E-state index in [1.165, 1.54) is 4.68 Å². The number of aliphatic carboxylic acids is 1. The first-order valence-corrected chi connectivity index (χ1v) is 6.93. The lowest BCUT2D eigenvalue weighted by molar-refractivity contribution is -0.142. The highest BCUT2D eigenvalue weighted by molar-refractivity contribution is 5.78. The van der Waals surface area contributed by atoms with Crippen molar-refractivity contribution in [1.82, 2.24) is 19.9 Å². The number of benzene rings is 1. The Bertz CT molecular complexity index is 669. The zero-order valence-electron chi connectivity index (χ0n) is 11.4. The van der Waals surface area contributed by atoms with E-state index in [-0.39, 0.29) is 12.6 Å². The van der Waals surface area contributed by atoms with Crippen LogP contribution in [0.25, 0.3) is 11.0 Å². The minimum atomic E-state index is -0.970. The maximum atomic E-state index is 11.6. The van der Waals surface area contributed by atoms with E-state index in [2.05, 4.69) is 10.3 Å². The first-order chi connectivity index (χ1) is 10.2. The molecule has 7 heteroatoms. The van der Waals surface area contributed by atoms with Gasteiger partial charge in [-0.15, -0.1) is 5.10 Å². The first kappa shape index (κ1) is 13.7. The number of nitrogens with zero attached hydrogens (tertiary/aromatic N) is 4. The Morgan fingerprint density at radius 3 is 3.05 bits per heavy atom. The van der Waals surface area contributed by atoms with E-state index in [1.54, 1.807) is 12.1 Å². The second kappa shape index (κ2) is 5.61. The van der Waals surface area contributed by atoms with Gasteiger partial charge in [-0.2, -0.15) is 0 Å². The maximum absolute atomic E-state index is 11.6. The summed E-state index contributed by atoms with van der Waals surface area (Å²) in [6, 6.07) is 6.21. The number of carbonyl (C=O) groups is 2. The van der Waals surface area contributed by atoms with Crippen LogP contribution in [0, 0.1) is 0 Å². The number of aromatic nitrogens is 3. The van der Waals surface area contributed by atoms with Gasteiger partial charge in [0, 0.05) is 6.54 Å². The first-order valence-electron chi connectivity index (χ1n) is 6.93. The van der Waals surface area contributed by atoms with Crippen molar-refractivity contribution in [3.63, 3.8) is 0 Å². The molecule has 1 fully saturated rings. The highest BCUT2D eigenvalue weighted by atomic mass is 16.4. The van der Waals surface area contributed by atoms with Gasteiger partial charge in [0.1, 0.15) is 11.8 Å². The summed E-state index contributed by atoms with van der Waals surface area (Å²) >= 11 is 0. The summed E-state index contributed by atoms with van der Waals surface area (Å²) in [7, 11) is 0. The molecule has 0 amide bonds. The molecule has 0 bridgehead atoms. The van der Waals surface area contributed by atoms with E-state index in [0.717, 1.165) is 25.7 Å². The largest absolute Gasteiger partial charge is 0.480 e. The zero-order valence-corrected chi connectivity index (χ0v) is 11.4. The highest BCUT2D eigenvalue weighted by Crippen LogP contribution is 2.21. The lowest BCUT2D eigenvalue weighted by atomic mass is 10.2. The molecular formula is C14H16N4O3. The Morgan fingerprint density at radius 2 is 2.29 bits per heavy atom. The SMILES string of the molecule is O=C[C@@H]1CCCN1CC(C(=O)O)n1nnc2ccccc21. The van der Waals surface area contributed by atoms with E-state index in [4.69, 9.17) is 0 Å². The monoisotopic (exact) mass is 288 g/mol. The zero-order chi connectivity index (χ0) is 14.8. The van der Waals surface area contributed by atoms with Crippen LogP contribution < -0.4 is 0 Å². The summed E-state index contributed by atoms with van der Waals surface area (Å²) in [5.74, 6) is -0.970. The lowest BCUT2D eigenvalue weighted by Gasteiger charge is -2.24. The van der Waals surface area contributed by atoms with Crippen LogP contribution in [0.3, 0.4) is 0 Å². The molecule has 1 aliphatic rings. The van der Waals surface area contributed by atoms with Crippen LogP contribution in [-0.4, -0.2) is 56.4 Å². The van der Waals surface area contributed by atoms with Gasteiger partial charge in [-0.1, -0.05) is 17.3 Å². The molecule has 2 atom stereocenters. The summed E-state index contributed by atoms with van der Waals surface area (Å²) < 4.78 is 1.43. The molecule has 1 N–H and O–H groups in total. The molecule has 1 unspecified atom stereocenters. The van der Waals surface area contributed by atoms with Gasteiger partial charge in [-0.05, 0) is 31.5 Å². The Hall–Kier alpha value is -2.28. The molecule has 2 aromatic rings. The number of hydrogen-bond acceptors (Lipinski definition) is 5. The van der Waals surface area contributed by atoms with E-state index >= 15 is 0 Å². The molecule has 2 heterocycles. The van der Waals surface area contributed by atoms with Gasteiger partial charge in [0.2, 0.25) is 0 Å². The topological polar surface area (TPSA) is 88.3 Å². The lowest BCUT2D eigenvalue weighted by Crippen LogP contribution is -2.38. The second-order valence-corrected chi connectivity index (χ2v) is 5.22. The van der Waals surface area contributed by atoms with Crippen molar-refractivity contribution < 1.29 is 14.7 Å². The van der Waals surface area contributed by atoms with Crippen molar-refractivity contribution in [1.29, 1.82) is 0 Å². The van der Waals surface area contributed by atoms with Crippen LogP contribution in [0.2, 0.25) is 0 Å². The fourth-order valence-corrected chi connectivity index (χ4v) is 2.83. The van der Waals surface area contributed by atoms with Gasteiger partial charge >= 0.3 is 5.97 Å². The number of fused-ring (bicyclic) bond motifs is 1. The number of hydrogen-bond donors (Lipinski definition) is 1. The smallest absolute Gasteiger partial charge is 0.329 e. The summed E-state index contributed by atoms with van der Waals surface area (Å²) in [4.78, 5) is 24.6. The molecule has 0 saturated carbocycles. The maximum Gasteiger partial charge on any atom is 0.329 e. The highest BCUT2D eigenvalue weighted by Gasteiger charge is 2.31. The standard InChI is InChI=1S/C14H16N4O3/c19-9-10-4-3-7-17(10)8-13(14(20)21)18-12-6-2-1-5-11(12)15-16-18/h1-2,5-6,9-10,13H,3-4,7-8H2,(H,20,21)/t10-,13?/m0/s1. The van der Waals surface area contributed by atoms with E-state index in [0.29, 0.717) is 11.0 Å². The Morgan fingerprint density at radius 1 is 1.48 bits per heavy atom. The van der Waals surface area contributed by atoms with Gasteiger partial charge in [0.25, 0.3) is 0 Å². The normalized spacial score (nSPS) is 20.7. The van der Waals surface area contributed by atoms with E-state index < -0.39 is 12.0 Å². The number of para-hydroxylation sites is 1. The predicted molar refractivity (Wildman–Crippen MR) is 74.9 cm³/mol. The van der Waals surface area contributed by atoms with Gasteiger partial charge in [-0.25, -0.2) is 9.48 Å². The number of carboxylic acid groups (broad SMARTS) is 1. The molecule has 0 aliphatic carbocycles. The molecule has 7 nitrogen and oxygen atoms in total. The average Bonchev–Trinajstić information content (AvgIpc) is 3.10. The molecule has 0 radical (unpaired) electrons. The molecule has 0 spiro atoms. The quantitative estimate of drug-likeness (QED) is 0.816. The van der Waals surface area contributed by atoms with Crippen LogP contribution in [-0.2, 0) is 9.59 Å². The third-order valence-electron chi connectivity index (χ3n) is 3.94. The predicted octanol–water partition coefficient (Wildman–Crippen LogP) is 0.720. The van der Waals surface area contributed by atoms with Gasteiger partial charge in [0.05, 0.1) is 11.6 Å². The Labute approximate surface area is 121 Å². The molecule has 3 rings (SSSR count). The molecule has 21 heavy (non-hydrogen) atoms. The van der Waals surface area contributed by atoms with Crippen LogP contribution in [0.15, 0.2) is 24.3 Å². The third-order valence-corrected chi connectivity index (χ3v) is 3.94. The fourth-order valence-electron chi connectivity index (χ4n) is 2.83. The van der Waals surface area contributed by atoms with Crippen molar-refractivity contribution >= 4 is 23.3 Å². The number of rotatable bonds is 5. The molecular weight excluding hydrogens is 272 g/mol. The summed E-state index contributed by atoms with van der Waals surface area (Å²) in [5, 5.41) is 17.5. The van der Waals surface area contributed by atoms with Gasteiger partial charge < -0.3 is 9.90 Å². The van der Waals surface area contributed by atoms with Gasteiger partial charge in [-0.3, -0.25) is 4.90 Å². The van der Waals surface area contributed by atoms with E-state index in [9.17, 15) is 14.7 Å². The number of carbonyl (C=O) groups excluding carboxylic acids is 1. The summed E-state index contributed by atoms with van der Waals surface area (Å²) in [6.45, 7) is 0.992. The Kier molecular flexibility index (Phi) is 3.66. The minimum Gasteiger partial charge on any atom is -0.480 e. The number of likely N-dealkylation sites (tertiary alicyclic amines) is 1. The summed E-state index contributed by atoms with van der Waals surface area (Å²) in [5.41, 5.74) is 1.35. The Balaban J connectivity index is 1.91. The second-order valence-electron chi connectivity index (χ2n) is 5.22. The molecule has 1 aromatic carbocycles. The summed E-state index contributed by atoms with van der Waals surface area (Å²) in [6.07, 6.45) is 2.59. The van der Waals surface area contributed by atoms with Crippen molar-refractivity contribution in [3.8, 4) is 0 Å². The van der Waals surface area contributed by atoms with Crippen LogP contribution in [0.4, 0.5) is 0 Å². The molecule has 1 saturated heterocycles.